The summed E-state index contributed by atoms with van der Waals surface area (Å²) >= 11 is 1.98. The minimum atomic E-state index is 0.762. The van der Waals surface area contributed by atoms with E-state index in [1.165, 1.54) is 0 Å². The number of hydrogen-bond donors (Lipinski definition) is 1. The van der Waals surface area contributed by atoms with E-state index in [-0.39, 0.29) is 0 Å². The second kappa shape index (κ2) is 6.68. The summed E-state index contributed by atoms with van der Waals surface area (Å²) in [6.45, 7) is 5.06. The van der Waals surface area contributed by atoms with Gasteiger partial charge in [0.1, 0.15) is 6.33 Å². The second-order valence-corrected chi connectivity index (χ2v) is 5.33. The molecule has 2 heterocycles. The average Bonchev–Trinajstić information content (AvgIpc) is 2.45. The van der Waals surface area contributed by atoms with E-state index in [4.69, 9.17) is 4.74 Å². The smallest absolute Gasteiger partial charge is 0.204 e. The summed E-state index contributed by atoms with van der Waals surface area (Å²) in [5.41, 5.74) is 0. The highest BCUT2D eigenvalue weighted by molar-refractivity contribution is 7.99. The molecule has 0 aromatic carbocycles. The zero-order chi connectivity index (χ0) is 12.8. The molecule has 1 saturated heterocycles. The van der Waals surface area contributed by atoms with Crippen LogP contribution in [0.5, 0.6) is 5.75 Å². The lowest BCUT2D eigenvalue weighted by molar-refractivity contribution is 0.412. The van der Waals surface area contributed by atoms with Gasteiger partial charge < -0.3 is 15.0 Å². The van der Waals surface area contributed by atoms with Gasteiger partial charge in [-0.2, -0.15) is 11.8 Å². The van der Waals surface area contributed by atoms with Crippen molar-refractivity contribution >= 4 is 23.4 Å². The van der Waals surface area contributed by atoms with Gasteiger partial charge in [-0.25, -0.2) is 9.97 Å². The molecule has 6 heteroatoms. The molecular formula is C12H20N4OS. The minimum absolute atomic E-state index is 0.762. The summed E-state index contributed by atoms with van der Waals surface area (Å²) in [7, 11) is 1.68. The van der Waals surface area contributed by atoms with Crippen molar-refractivity contribution < 1.29 is 4.74 Å². The highest BCUT2D eigenvalue weighted by atomic mass is 32.2. The lowest BCUT2D eigenvalue weighted by Crippen LogP contribution is -2.33. The Morgan fingerprint density at radius 1 is 1.39 bits per heavy atom. The number of anilines is 2. The van der Waals surface area contributed by atoms with E-state index in [1.807, 2.05) is 11.8 Å². The van der Waals surface area contributed by atoms with Gasteiger partial charge in [0, 0.05) is 31.1 Å². The number of nitrogens with zero attached hydrogens (tertiary/aromatic N) is 3. The number of thioether (sulfide) groups is 1. The Labute approximate surface area is 112 Å². The first kappa shape index (κ1) is 13.3. The SMILES string of the molecule is CCCNc1ncnc(N2CCSCC2)c1OC. The van der Waals surface area contributed by atoms with Crippen LogP contribution in [0.1, 0.15) is 13.3 Å². The first-order valence-corrected chi connectivity index (χ1v) is 7.47. The zero-order valence-corrected chi connectivity index (χ0v) is 11.8. The molecule has 0 spiro atoms. The Kier molecular flexibility index (Phi) is 4.92. The molecule has 1 fully saturated rings. The molecule has 0 aliphatic carbocycles. The molecule has 0 radical (unpaired) electrons. The largest absolute Gasteiger partial charge is 0.490 e. The third-order valence-corrected chi connectivity index (χ3v) is 3.78. The Balaban J connectivity index is 2.22. The number of hydrogen-bond acceptors (Lipinski definition) is 6. The molecule has 0 unspecified atom stereocenters. The average molecular weight is 268 g/mol. The van der Waals surface area contributed by atoms with Crippen molar-refractivity contribution in [2.75, 3.05) is 48.5 Å². The van der Waals surface area contributed by atoms with Crippen LogP contribution in [0.15, 0.2) is 6.33 Å². The van der Waals surface area contributed by atoms with Crippen LogP contribution >= 0.6 is 11.8 Å². The maximum Gasteiger partial charge on any atom is 0.204 e. The van der Waals surface area contributed by atoms with Crippen molar-refractivity contribution in [3.05, 3.63) is 6.33 Å². The molecule has 5 nitrogen and oxygen atoms in total. The molecule has 1 aliphatic heterocycles. The van der Waals surface area contributed by atoms with Gasteiger partial charge >= 0.3 is 0 Å². The molecule has 1 aliphatic rings. The predicted octanol–water partition coefficient (Wildman–Crippen LogP) is 1.86. The standard InChI is InChI=1S/C12H20N4OS/c1-3-4-13-11-10(17-2)12(15-9-14-11)16-5-7-18-8-6-16/h9H,3-8H2,1-2H3,(H,13,14,15). The van der Waals surface area contributed by atoms with Crippen molar-refractivity contribution in [3.63, 3.8) is 0 Å². The van der Waals surface area contributed by atoms with E-state index in [9.17, 15) is 0 Å². The van der Waals surface area contributed by atoms with Crippen molar-refractivity contribution in [2.45, 2.75) is 13.3 Å². The van der Waals surface area contributed by atoms with Gasteiger partial charge in [-0.3, -0.25) is 0 Å². The number of ether oxygens (including phenoxy) is 1. The summed E-state index contributed by atoms with van der Waals surface area (Å²) < 4.78 is 5.49. The van der Waals surface area contributed by atoms with E-state index >= 15 is 0 Å². The highest BCUT2D eigenvalue weighted by Crippen LogP contribution is 2.32. The number of nitrogens with one attached hydrogen (secondary N) is 1. The third-order valence-electron chi connectivity index (χ3n) is 2.84. The van der Waals surface area contributed by atoms with Crippen molar-refractivity contribution in [2.24, 2.45) is 0 Å². The fourth-order valence-electron chi connectivity index (χ4n) is 1.92. The molecule has 0 amide bonds. The van der Waals surface area contributed by atoms with Crippen LogP contribution in [0.2, 0.25) is 0 Å². The van der Waals surface area contributed by atoms with Gasteiger partial charge in [0.05, 0.1) is 7.11 Å². The Morgan fingerprint density at radius 3 is 2.83 bits per heavy atom. The highest BCUT2D eigenvalue weighted by Gasteiger charge is 2.19. The van der Waals surface area contributed by atoms with Crippen LogP contribution in [0, 0.1) is 0 Å². The lowest BCUT2D eigenvalue weighted by Gasteiger charge is -2.28. The topological polar surface area (TPSA) is 50.3 Å². The van der Waals surface area contributed by atoms with Crippen molar-refractivity contribution in [1.82, 2.24) is 9.97 Å². The van der Waals surface area contributed by atoms with Gasteiger partial charge in [0.25, 0.3) is 0 Å². The molecule has 1 N–H and O–H groups in total. The summed E-state index contributed by atoms with van der Waals surface area (Å²) in [6.07, 6.45) is 2.67. The Bertz CT molecular complexity index is 382. The van der Waals surface area contributed by atoms with Crippen LogP contribution in [0.3, 0.4) is 0 Å². The molecule has 0 saturated carbocycles. The summed E-state index contributed by atoms with van der Waals surface area (Å²) in [6, 6.07) is 0. The predicted molar refractivity (Wildman–Crippen MR) is 76.9 cm³/mol. The quantitative estimate of drug-likeness (QED) is 0.879. The van der Waals surface area contributed by atoms with E-state index < -0.39 is 0 Å². The Morgan fingerprint density at radius 2 is 2.17 bits per heavy atom. The van der Waals surface area contributed by atoms with Gasteiger partial charge in [-0.1, -0.05) is 6.92 Å². The monoisotopic (exact) mass is 268 g/mol. The van der Waals surface area contributed by atoms with E-state index in [2.05, 4.69) is 27.1 Å². The third kappa shape index (κ3) is 2.98. The number of methoxy groups -OCH3 is 1. The van der Waals surface area contributed by atoms with Gasteiger partial charge in [0.15, 0.2) is 11.6 Å². The maximum atomic E-state index is 5.49. The normalized spacial score (nSPS) is 15.6. The molecular weight excluding hydrogens is 248 g/mol. The first-order chi connectivity index (χ1) is 8.86. The molecule has 100 valence electrons. The van der Waals surface area contributed by atoms with E-state index in [1.54, 1.807) is 13.4 Å². The van der Waals surface area contributed by atoms with E-state index in [0.29, 0.717) is 0 Å². The van der Waals surface area contributed by atoms with Crippen LogP contribution < -0.4 is 15.0 Å². The summed E-state index contributed by atoms with van der Waals surface area (Å²) in [5, 5.41) is 3.29. The fourth-order valence-corrected chi connectivity index (χ4v) is 2.83. The summed E-state index contributed by atoms with van der Waals surface area (Å²) in [4.78, 5) is 10.9. The van der Waals surface area contributed by atoms with Crippen molar-refractivity contribution in [1.29, 1.82) is 0 Å². The first-order valence-electron chi connectivity index (χ1n) is 6.32. The Hall–Kier alpha value is -1.17. The molecule has 18 heavy (non-hydrogen) atoms. The molecule has 1 aromatic heterocycles. The van der Waals surface area contributed by atoms with E-state index in [0.717, 1.165) is 54.9 Å². The lowest BCUT2D eigenvalue weighted by atomic mass is 10.3. The summed E-state index contributed by atoms with van der Waals surface area (Å²) in [5.74, 6) is 4.75. The van der Waals surface area contributed by atoms with Crippen LogP contribution in [-0.4, -0.2) is 48.2 Å². The minimum Gasteiger partial charge on any atom is -0.490 e. The van der Waals surface area contributed by atoms with Gasteiger partial charge in [-0.05, 0) is 6.42 Å². The number of aromatic nitrogens is 2. The van der Waals surface area contributed by atoms with Crippen molar-refractivity contribution in [3.8, 4) is 5.75 Å². The van der Waals surface area contributed by atoms with Crippen LogP contribution in [0.25, 0.3) is 0 Å². The fraction of sp³-hybridized carbons (Fsp3) is 0.667. The van der Waals surface area contributed by atoms with Gasteiger partial charge in [-0.15, -0.1) is 0 Å². The molecule has 1 aromatic rings. The molecule has 0 bridgehead atoms. The molecule has 2 rings (SSSR count). The maximum absolute atomic E-state index is 5.49. The number of rotatable bonds is 5. The zero-order valence-electron chi connectivity index (χ0n) is 11.0. The van der Waals surface area contributed by atoms with Crippen LogP contribution in [0.4, 0.5) is 11.6 Å². The molecule has 0 atom stereocenters. The van der Waals surface area contributed by atoms with Gasteiger partial charge in [0.2, 0.25) is 5.75 Å². The second-order valence-electron chi connectivity index (χ2n) is 4.11. The van der Waals surface area contributed by atoms with Crippen LogP contribution in [-0.2, 0) is 0 Å².